The fraction of sp³-hybridized carbons (Fsp3) is 0.538. The van der Waals surface area contributed by atoms with Gasteiger partial charge >= 0.3 is 0 Å². The molecular formula is C13H18ClNO4S. The highest BCUT2D eigenvalue weighted by Gasteiger charge is 2.21. The van der Waals surface area contributed by atoms with Crippen LogP contribution >= 0.6 is 10.7 Å². The molecule has 0 amide bonds. The lowest BCUT2D eigenvalue weighted by Crippen LogP contribution is -2.18. The number of methoxy groups -OCH3 is 2. The van der Waals surface area contributed by atoms with E-state index >= 15 is 0 Å². The molecule has 1 aromatic rings. The minimum Gasteiger partial charge on any atom is -0.496 e. The standard InChI is InChI=1S/C13H18ClNO4S/c1-18-12-8-11(15-5-3-4-6-15)13(19-2)7-10(12)9-20(14,16)17/h7-8H,3-6,9H2,1-2H3. The lowest BCUT2D eigenvalue weighted by Gasteiger charge is -2.22. The average molecular weight is 320 g/mol. The maximum absolute atomic E-state index is 11.3. The third-order valence-electron chi connectivity index (χ3n) is 3.36. The van der Waals surface area contributed by atoms with Crippen molar-refractivity contribution in [3.05, 3.63) is 17.7 Å². The molecule has 0 bridgehead atoms. The molecule has 2 rings (SSSR count). The first-order valence-electron chi connectivity index (χ1n) is 6.37. The molecule has 7 heteroatoms. The molecule has 1 fully saturated rings. The van der Waals surface area contributed by atoms with E-state index in [2.05, 4.69) is 4.90 Å². The number of rotatable bonds is 5. The number of benzene rings is 1. The number of halogens is 1. The van der Waals surface area contributed by atoms with Crippen LogP contribution in [-0.2, 0) is 14.8 Å². The molecule has 0 spiro atoms. The monoisotopic (exact) mass is 319 g/mol. The van der Waals surface area contributed by atoms with Crippen LogP contribution in [0.4, 0.5) is 5.69 Å². The number of nitrogens with zero attached hydrogens (tertiary/aromatic N) is 1. The van der Waals surface area contributed by atoms with E-state index in [1.807, 2.05) is 6.07 Å². The molecule has 0 aliphatic carbocycles. The highest BCUT2D eigenvalue weighted by atomic mass is 35.7. The summed E-state index contributed by atoms with van der Waals surface area (Å²) in [5, 5.41) is 0. The van der Waals surface area contributed by atoms with Gasteiger partial charge in [-0.15, -0.1) is 0 Å². The second-order valence-electron chi connectivity index (χ2n) is 4.71. The van der Waals surface area contributed by atoms with Gasteiger partial charge in [-0.3, -0.25) is 0 Å². The van der Waals surface area contributed by atoms with Gasteiger partial charge in [-0.2, -0.15) is 0 Å². The Morgan fingerprint density at radius 1 is 1.15 bits per heavy atom. The van der Waals surface area contributed by atoms with Gasteiger partial charge in [0.2, 0.25) is 9.05 Å². The van der Waals surface area contributed by atoms with Crippen molar-refractivity contribution in [2.45, 2.75) is 18.6 Å². The number of anilines is 1. The summed E-state index contributed by atoms with van der Waals surface area (Å²) in [4.78, 5) is 2.21. The Labute approximate surface area is 123 Å². The van der Waals surface area contributed by atoms with Gasteiger partial charge in [-0.05, 0) is 18.9 Å². The van der Waals surface area contributed by atoms with Crippen LogP contribution in [0.5, 0.6) is 11.5 Å². The number of ether oxygens (including phenoxy) is 2. The summed E-state index contributed by atoms with van der Waals surface area (Å²) in [5.41, 5.74) is 1.43. The van der Waals surface area contributed by atoms with Crippen molar-refractivity contribution in [3.63, 3.8) is 0 Å². The van der Waals surface area contributed by atoms with Crippen LogP contribution < -0.4 is 14.4 Å². The zero-order chi connectivity index (χ0) is 14.8. The Hall–Kier alpha value is -1.14. The smallest absolute Gasteiger partial charge is 0.236 e. The molecule has 0 unspecified atom stereocenters. The first-order chi connectivity index (χ1) is 9.44. The van der Waals surface area contributed by atoms with E-state index in [1.165, 1.54) is 7.11 Å². The molecule has 1 saturated heterocycles. The Morgan fingerprint density at radius 2 is 1.75 bits per heavy atom. The van der Waals surface area contributed by atoms with Crippen LogP contribution in [0.3, 0.4) is 0 Å². The van der Waals surface area contributed by atoms with Gasteiger partial charge in [0.05, 0.1) is 25.7 Å². The van der Waals surface area contributed by atoms with E-state index in [1.54, 1.807) is 13.2 Å². The second kappa shape index (κ2) is 6.10. The molecule has 1 aliphatic heterocycles. The summed E-state index contributed by atoms with van der Waals surface area (Å²) in [5.74, 6) is 0.869. The Balaban J connectivity index is 2.44. The maximum atomic E-state index is 11.3. The zero-order valence-electron chi connectivity index (χ0n) is 11.6. The Morgan fingerprint density at radius 3 is 2.25 bits per heavy atom. The van der Waals surface area contributed by atoms with Gasteiger partial charge < -0.3 is 14.4 Å². The fourth-order valence-corrected chi connectivity index (χ4v) is 3.40. The van der Waals surface area contributed by atoms with Gasteiger partial charge in [0.1, 0.15) is 11.5 Å². The number of hydrogen-bond donors (Lipinski definition) is 0. The predicted octanol–water partition coefficient (Wildman–Crippen LogP) is 2.37. The van der Waals surface area contributed by atoms with Crippen LogP contribution in [0, 0.1) is 0 Å². The number of hydrogen-bond acceptors (Lipinski definition) is 5. The maximum Gasteiger partial charge on any atom is 0.236 e. The lowest BCUT2D eigenvalue weighted by atomic mass is 10.1. The van der Waals surface area contributed by atoms with E-state index in [0.29, 0.717) is 17.1 Å². The summed E-state index contributed by atoms with van der Waals surface area (Å²) in [7, 11) is 4.76. The fourth-order valence-electron chi connectivity index (χ4n) is 2.45. The normalized spacial score (nSPS) is 15.4. The lowest BCUT2D eigenvalue weighted by molar-refractivity contribution is 0.400. The van der Waals surface area contributed by atoms with Crippen molar-refractivity contribution in [1.82, 2.24) is 0 Å². The largest absolute Gasteiger partial charge is 0.496 e. The van der Waals surface area contributed by atoms with Crippen LogP contribution in [0.1, 0.15) is 18.4 Å². The third kappa shape index (κ3) is 3.49. The molecule has 0 radical (unpaired) electrons. The van der Waals surface area contributed by atoms with E-state index in [0.717, 1.165) is 31.6 Å². The molecule has 5 nitrogen and oxygen atoms in total. The minimum atomic E-state index is -3.64. The Kier molecular flexibility index (Phi) is 4.65. The molecule has 112 valence electrons. The molecular weight excluding hydrogens is 302 g/mol. The molecule has 0 atom stereocenters. The topological polar surface area (TPSA) is 55.8 Å². The third-order valence-corrected chi connectivity index (χ3v) is 4.34. The van der Waals surface area contributed by atoms with Crippen LogP contribution in [-0.4, -0.2) is 35.7 Å². The van der Waals surface area contributed by atoms with Crippen molar-refractivity contribution in [2.75, 3.05) is 32.2 Å². The van der Waals surface area contributed by atoms with Crippen molar-refractivity contribution in [1.29, 1.82) is 0 Å². The zero-order valence-corrected chi connectivity index (χ0v) is 13.1. The summed E-state index contributed by atoms with van der Waals surface area (Å²) in [6.45, 7) is 1.93. The minimum absolute atomic E-state index is 0.283. The summed E-state index contributed by atoms with van der Waals surface area (Å²) in [6, 6.07) is 3.51. The van der Waals surface area contributed by atoms with Gasteiger partial charge in [0.15, 0.2) is 0 Å². The molecule has 0 N–H and O–H groups in total. The summed E-state index contributed by atoms with van der Waals surface area (Å²) >= 11 is 0. The van der Waals surface area contributed by atoms with Crippen LogP contribution in [0.25, 0.3) is 0 Å². The van der Waals surface area contributed by atoms with Crippen LogP contribution in [0.2, 0.25) is 0 Å². The molecule has 20 heavy (non-hydrogen) atoms. The van der Waals surface area contributed by atoms with E-state index in [4.69, 9.17) is 20.2 Å². The van der Waals surface area contributed by atoms with Crippen LogP contribution in [0.15, 0.2) is 12.1 Å². The molecule has 1 aliphatic rings. The van der Waals surface area contributed by atoms with Gasteiger partial charge in [-0.1, -0.05) is 0 Å². The average Bonchev–Trinajstić information content (AvgIpc) is 2.90. The quantitative estimate of drug-likeness (QED) is 0.780. The van der Waals surface area contributed by atoms with Gasteiger partial charge in [-0.25, -0.2) is 8.42 Å². The van der Waals surface area contributed by atoms with Gasteiger partial charge in [0, 0.05) is 35.4 Å². The second-order valence-corrected chi connectivity index (χ2v) is 7.49. The summed E-state index contributed by atoms with van der Waals surface area (Å²) < 4.78 is 33.2. The van der Waals surface area contributed by atoms with Crippen molar-refractivity contribution < 1.29 is 17.9 Å². The molecule has 0 saturated carbocycles. The SMILES string of the molecule is COc1cc(N2CCCC2)c(OC)cc1CS(=O)(=O)Cl. The summed E-state index contributed by atoms with van der Waals surface area (Å²) in [6.07, 6.45) is 2.28. The highest BCUT2D eigenvalue weighted by Crippen LogP contribution is 2.37. The van der Waals surface area contributed by atoms with Crippen molar-refractivity contribution >= 4 is 25.4 Å². The molecule has 1 aromatic carbocycles. The molecule has 0 aromatic heterocycles. The first-order valence-corrected chi connectivity index (χ1v) is 8.84. The predicted molar refractivity (Wildman–Crippen MR) is 79.5 cm³/mol. The van der Waals surface area contributed by atoms with E-state index < -0.39 is 9.05 Å². The molecule has 1 heterocycles. The highest BCUT2D eigenvalue weighted by molar-refractivity contribution is 8.13. The van der Waals surface area contributed by atoms with Gasteiger partial charge in [0.25, 0.3) is 0 Å². The van der Waals surface area contributed by atoms with Crippen molar-refractivity contribution in [3.8, 4) is 11.5 Å². The first kappa shape index (κ1) is 15.3. The Bertz CT molecular complexity index is 582. The van der Waals surface area contributed by atoms with Crippen molar-refractivity contribution in [2.24, 2.45) is 0 Å². The van der Waals surface area contributed by atoms with E-state index in [9.17, 15) is 8.42 Å². The van der Waals surface area contributed by atoms with E-state index in [-0.39, 0.29) is 5.75 Å².